The van der Waals surface area contributed by atoms with Crippen LogP contribution in [0.5, 0.6) is 0 Å². The fourth-order valence-corrected chi connectivity index (χ4v) is 2.10. The largest absolute Gasteiger partial charge is 0.468 e. The van der Waals surface area contributed by atoms with E-state index in [9.17, 15) is 9.59 Å². The second-order valence-corrected chi connectivity index (χ2v) is 4.70. The molecule has 1 aliphatic heterocycles. The molecule has 1 heterocycles. The lowest BCUT2D eigenvalue weighted by atomic mass is 10.0. The average molecular weight is 290 g/mol. The first-order chi connectivity index (χ1) is 10.1. The summed E-state index contributed by atoms with van der Waals surface area (Å²) in [6.45, 7) is 4.19. The van der Waals surface area contributed by atoms with Crippen molar-refractivity contribution in [2.24, 2.45) is 11.0 Å². The molecule has 0 aliphatic carbocycles. The maximum Gasteiger partial charge on any atom is 0.355 e. The predicted octanol–water partition coefficient (Wildman–Crippen LogP) is 1.52. The van der Waals surface area contributed by atoms with E-state index < -0.39 is 17.9 Å². The molecule has 6 heteroatoms. The number of methoxy groups -OCH3 is 1. The van der Waals surface area contributed by atoms with Gasteiger partial charge in [-0.3, -0.25) is 9.80 Å². The standard InChI is InChI=1S/C15H18N2O4/c1-4-21-15(19)13-12(14(18)20-3)9-17(16-13)11-7-5-10(2)6-8-11/h5-8,12H,4,9H2,1-3H3/t12-/m0/s1. The molecule has 0 amide bonds. The number of benzene rings is 1. The molecule has 6 nitrogen and oxygen atoms in total. The van der Waals surface area contributed by atoms with Crippen molar-refractivity contribution < 1.29 is 19.1 Å². The van der Waals surface area contributed by atoms with E-state index in [-0.39, 0.29) is 18.9 Å². The van der Waals surface area contributed by atoms with Gasteiger partial charge in [-0.25, -0.2) is 4.79 Å². The van der Waals surface area contributed by atoms with Crippen LogP contribution in [-0.4, -0.2) is 37.9 Å². The molecule has 0 saturated carbocycles. The van der Waals surface area contributed by atoms with Crippen LogP contribution in [0.25, 0.3) is 0 Å². The molecule has 0 fully saturated rings. The van der Waals surface area contributed by atoms with Crippen LogP contribution >= 0.6 is 0 Å². The van der Waals surface area contributed by atoms with Gasteiger partial charge in [0.2, 0.25) is 0 Å². The molecule has 1 aromatic carbocycles. The Kier molecular flexibility index (Phi) is 4.57. The number of aryl methyl sites for hydroxylation is 1. The van der Waals surface area contributed by atoms with Gasteiger partial charge in [-0.1, -0.05) is 17.7 Å². The van der Waals surface area contributed by atoms with E-state index in [0.717, 1.165) is 11.3 Å². The van der Waals surface area contributed by atoms with Gasteiger partial charge in [-0.2, -0.15) is 5.10 Å². The van der Waals surface area contributed by atoms with Crippen LogP contribution in [0.4, 0.5) is 5.69 Å². The number of hydrogen-bond acceptors (Lipinski definition) is 6. The van der Waals surface area contributed by atoms with Crippen LogP contribution in [0.3, 0.4) is 0 Å². The van der Waals surface area contributed by atoms with E-state index >= 15 is 0 Å². The molecule has 0 bridgehead atoms. The Morgan fingerprint density at radius 2 is 2.00 bits per heavy atom. The number of hydrogen-bond donors (Lipinski definition) is 0. The van der Waals surface area contributed by atoms with Gasteiger partial charge >= 0.3 is 11.9 Å². The first kappa shape index (κ1) is 15.0. The summed E-state index contributed by atoms with van der Waals surface area (Å²) < 4.78 is 9.69. The Labute approximate surface area is 123 Å². The summed E-state index contributed by atoms with van der Waals surface area (Å²) in [6.07, 6.45) is 0. The molecule has 0 N–H and O–H groups in total. The third kappa shape index (κ3) is 3.21. The monoisotopic (exact) mass is 290 g/mol. The van der Waals surface area contributed by atoms with E-state index in [1.54, 1.807) is 11.9 Å². The molecule has 0 spiro atoms. The topological polar surface area (TPSA) is 68.2 Å². The quantitative estimate of drug-likeness (QED) is 0.786. The second-order valence-electron chi connectivity index (χ2n) is 4.70. The van der Waals surface area contributed by atoms with Crippen LogP contribution in [0.15, 0.2) is 29.4 Å². The highest BCUT2D eigenvalue weighted by molar-refractivity contribution is 6.41. The van der Waals surface area contributed by atoms with Crippen LogP contribution in [0.2, 0.25) is 0 Å². The minimum atomic E-state index is -0.727. The summed E-state index contributed by atoms with van der Waals surface area (Å²) in [4.78, 5) is 23.7. The van der Waals surface area contributed by atoms with Gasteiger partial charge in [0, 0.05) is 0 Å². The minimum absolute atomic E-state index is 0.0873. The molecule has 0 aromatic heterocycles. The highest BCUT2D eigenvalue weighted by atomic mass is 16.5. The number of ether oxygens (including phenoxy) is 2. The molecule has 1 aromatic rings. The predicted molar refractivity (Wildman–Crippen MR) is 78.1 cm³/mol. The normalized spacial score (nSPS) is 17.4. The van der Waals surface area contributed by atoms with Crippen molar-refractivity contribution in [3.63, 3.8) is 0 Å². The maximum absolute atomic E-state index is 11.9. The maximum atomic E-state index is 11.9. The summed E-state index contributed by atoms with van der Waals surface area (Å²) in [5.41, 5.74) is 2.02. The molecular weight excluding hydrogens is 272 g/mol. The van der Waals surface area contributed by atoms with Gasteiger partial charge in [0.15, 0.2) is 5.71 Å². The molecule has 1 aliphatic rings. The summed E-state index contributed by atoms with van der Waals surface area (Å²) >= 11 is 0. The minimum Gasteiger partial charge on any atom is -0.468 e. The fraction of sp³-hybridized carbons (Fsp3) is 0.400. The summed E-state index contributed by atoms with van der Waals surface area (Å²) in [5, 5.41) is 5.85. The number of esters is 2. The first-order valence-corrected chi connectivity index (χ1v) is 6.74. The molecule has 112 valence electrons. The zero-order chi connectivity index (χ0) is 15.4. The Morgan fingerprint density at radius 1 is 1.33 bits per heavy atom. The Morgan fingerprint density at radius 3 is 2.57 bits per heavy atom. The van der Waals surface area contributed by atoms with Crippen LogP contribution in [0.1, 0.15) is 12.5 Å². The van der Waals surface area contributed by atoms with E-state index in [0.29, 0.717) is 0 Å². The van der Waals surface area contributed by atoms with Crippen LogP contribution in [-0.2, 0) is 19.1 Å². The van der Waals surface area contributed by atoms with E-state index in [4.69, 9.17) is 9.47 Å². The van der Waals surface area contributed by atoms with E-state index in [1.165, 1.54) is 7.11 Å². The summed E-state index contributed by atoms with van der Waals surface area (Å²) in [5.74, 6) is -1.80. The molecule has 2 rings (SSSR count). The molecule has 21 heavy (non-hydrogen) atoms. The Balaban J connectivity index is 2.27. The van der Waals surface area contributed by atoms with Crippen molar-refractivity contribution in [3.8, 4) is 0 Å². The summed E-state index contributed by atoms with van der Waals surface area (Å²) in [7, 11) is 1.29. The Hall–Kier alpha value is -2.37. The lowest BCUT2D eigenvalue weighted by Gasteiger charge is -2.15. The zero-order valence-electron chi connectivity index (χ0n) is 12.3. The van der Waals surface area contributed by atoms with Gasteiger partial charge in [-0.15, -0.1) is 0 Å². The second kappa shape index (κ2) is 6.39. The van der Waals surface area contributed by atoms with E-state index in [2.05, 4.69) is 5.10 Å². The summed E-state index contributed by atoms with van der Waals surface area (Å²) in [6, 6.07) is 7.67. The third-order valence-corrected chi connectivity index (χ3v) is 3.22. The van der Waals surface area contributed by atoms with E-state index in [1.807, 2.05) is 31.2 Å². The number of hydrazone groups is 1. The van der Waals surface area contributed by atoms with Crippen molar-refractivity contribution in [3.05, 3.63) is 29.8 Å². The lowest BCUT2D eigenvalue weighted by Crippen LogP contribution is -2.32. The number of nitrogens with zero attached hydrogens (tertiary/aromatic N) is 2. The van der Waals surface area contributed by atoms with Gasteiger partial charge in [0.25, 0.3) is 0 Å². The van der Waals surface area contributed by atoms with Crippen LogP contribution < -0.4 is 5.01 Å². The molecule has 0 saturated heterocycles. The smallest absolute Gasteiger partial charge is 0.355 e. The van der Waals surface area contributed by atoms with Gasteiger partial charge in [-0.05, 0) is 26.0 Å². The highest BCUT2D eigenvalue weighted by Crippen LogP contribution is 2.24. The number of rotatable bonds is 4. The zero-order valence-corrected chi connectivity index (χ0v) is 12.3. The number of anilines is 1. The molecule has 0 unspecified atom stereocenters. The fourth-order valence-electron chi connectivity index (χ4n) is 2.10. The molecule has 0 radical (unpaired) electrons. The van der Waals surface area contributed by atoms with Crippen molar-refractivity contribution in [1.82, 2.24) is 0 Å². The Bertz CT molecular complexity index is 566. The van der Waals surface area contributed by atoms with Crippen molar-refractivity contribution >= 4 is 23.3 Å². The van der Waals surface area contributed by atoms with Gasteiger partial charge < -0.3 is 9.47 Å². The SMILES string of the molecule is CCOC(=O)C1=NN(c2ccc(C)cc2)C[C@@H]1C(=O)OC. The van der Waals surface area contributed by atoms with Crippen molar-refractivity contribution in [2.75, 3.05) is 25.3 Å². The highest BCUT2D eigenvalue weighted by Gasteiger charge is 2.38. The van der Waals surface area contributed by atoms with Crippen molar-refractivity contribution in [2.45, 2.75) is 13.8 Å². The third-order valence-electron chi connectivity index (χ3n) is 3.22. The number of carbonyl (C=O) groups is 2. The van der Waals surface area contributed by atoms with Gasteiger partial charge in [0.1, 0.15) is 5.92 Å². The number of carbonyl (C=O) groups excluding carboxylic acids is 2. The molecular formula is C15H18N2O4. The van der Waals surface area contributed by atoms with Gasteiger partial charge in [0.05, 0.1) is 25.9 Å². The lowest BCUT2D eigenvalue weighted by molar-refractivity contribution is -0.144. The molecule has 1 atom stereocenters. The average Bonchev–Trinajstić information content (AvgIpc) is 2.92. The van der Waals surface area contributed by atoms with Crippen LogP contribution in [0, 0.1) is 12.8 Å². The first-order valence-electron chi connectivity index (χ1n) is 6.74. The van der Waals surface area contributed by atoms with Crippen molar-refractivity contribution in [1.29, 1.82) is 0 Å².